The zero-order valence-corrected chi connectivity index (χ0v) is 19.3. The second-order valence-corrected chi connectivity index (χ2v) is 9.29. The number of aromatic amines is 1. The van der Waals surface area contributed by atoms with Gasteiger partial charge in [0.25, 0.3) is 5.91 Å². The molecule has 0 aliphatic carbocycles. The number of benzene rings is 2. The van der Waals surface area contributed by atoms with Crippen molar-refractivity contribution in [2.75, 3.05) is 6.54 Å². The Morgan fingerprint density at radius 3 is 2.42 bits per heavy atom. The Balaban J connectivity index is 1.50. The number of nitrogens with zero attached hydrogens (tertiary/aromatic N) is 3. The third-order valence-corrected chi connectivity index (χ3v) is 6.27. The molecular weight excluding hydrogens is 473 g/mol. The molecule has 0 saturated carbocycles. The van der Waals surface area contributed by atoms with Gasteiger partial charge in [0.1, 0.15) is 0 Å². The number of hydrogen-bond acceptors (Lipinski definition) is 4. The van der Waals surface area contributed by atoms with Crippen molar-refractivity contribution in [2.45, 2.75) is 25.4 Å². The quantitative estimate of drug-likeness (QED) is 0.469. The number of H-pyrrole nitrogens is 1. The number of carbonyl (C=O) groups excluding carboxylic acids is 2. The minimum Gasteiger partial charge on any atom is -0.545 e. The van der Waals surface area contributed by atoms with E-state index in [0.29, 0.717) is 11.4 Å². The van der Waals surface area contributed by atoms with E-state index >= 15 is 0 Å². The van der Waals surface area contributed by atoms with Gasteiger partial charge in [0.05, 0.1) is 29.1 Å². The normalized spacial score (nSPS) is 15.4. The highest BCUT2D eigenvalue weighted by molar-refractivity contribution is 6.16. The number of carboxylic acid groups (broad SMARTS) is 1. The van der Waals surface area contributed by atoms with Crippen LogP contribution in [-0.2, 0) is 16.4 Å². The first kappa shape index (κ1) is 23.4. The van der Waals surface area contributed by atoms with Crippen molar-refractivity contribution in [1.82, 2.24) is 19.7 Å². The van der Waals surface area contributed by atoms with Gasteiger partial charge in [-0.25, -0.2) is 4.68 Å². The number of para-hydroxylation sites is 1. The number of carbonyl (C=O) groups is 2. The molecule has 0 fully saturated rings. The van der Waals surface area contributed by atoms with E-state index in [1.165, 1.54) is 35.4 Å². The molecule has 1 amide bonds. The van der Waals surface area contributed by atoms with Crippen molar-refractivity contribution in [3.63, 3.8) is 0 Å². The number of nitrogens with one attached hydrogen (secondary N) is 1. The first-order valence-corrected chi connectivity index (χ1v) is 11.0. The van der Waals surface area contributed by atoms with Gasteiger partial charge in [0, 0.05) is 46.4 Å². The monoisotopic (exact) mass is 493 g/mol. The fraction of sp³-hybridized carbons (Fsp3) is 0.192. The maximum Gasteiger partial charge on any atom is 0.419 e. The molecule has 1 N–H and O–H groups in total. The highest BCUT2D eigenvalue weighted by Crippen LogP contribution is 2.40. The number of fused-ring (bicyclic) bond motifs is 3. The second kappa shape index (κ2) is 8.11. The van der Waals surface area contributed by atoms with Gasteiger partial charge in [-0.3, -0.25) is 4.79 Å². The smallest absolute Gasteiger partial charge is 0.419 e. The van der Waals surface area contributed by atoms with Crippen LogP contribution in [0.2, 0.25) is 0 Å². The van der Waals surface area contributed by atoms with Crippen LogP contribution >= 0.6 is 0 Å². The van der Waals surface area contributed by atoms with E-state index in [1.54, 1.807) is 0 Å². The lowest BCUT2D eigenvalue weighted by atomic mass is 9.81. The van der Waals surface area contributed by atoms with Gasteiger partial charge in [-0.1, -0.05) is 32.0 Å². The lowest BCUT2D eigenvalue weighted by molar-refractivity contribution is -0.295. The summed E-state index contributed by atoms with van der Waals surface area (Å²) in [4.78, 5) is 30.0. The number of aromatic nitrogens is 3. The molecule has 0 unspecified atom stereocenters. The molecule has 1 aliphatic rings. The Hall–Kier alpha value is -4.34. The Morgan fingerprint density at radius 2 is 1.78 bits per heavy atom. The fourth-order valence-corrected chi connectivity index (χ4v) is 4.64. The lowest BCUT2D eigenvalue weighted by Gasteiger charge is -2.29. The minimum atomic E-state index is -4.51. The van der Waals surface area contributed by atoms with E-state index in [2.05, 4.69) is 10.1 Å². The summed E-state index contributed by atoms with van der Waals surface area (Å²) in [5, 5.41) is 16.7. The molecule has 2 aromatic heterocycles. The molecule has 7 nitrogen and oxygen atoms in total. The van der Waals surface area contributed by atoms with Gasteiger partial charge in [0.2, 0.25) is 0 Å². The Bertz CT molecular complexity index is 1530. The molecule has 184 valence electrons. The number of hydrogen-bond donors (Lipinski definition) is 1. The van der Waals surface area contributed by atoms with Gasteiger partial charge in [-0.2, -0.15) is 18.3 Å². The third-order valence-electron chi connectivity index (χ3n) is 6.27. The van der Waals surface area contributed by atoms with E-state index in [4.69, 9.17) is 0 Å². The Kier molecular flexibility index (Phi) is 5.27. The predicted octanol–water partition coefficient (Wildman–Crippen LogP) is 3.90. The largest absolute Gasteiger partial charge is 0.545 e. The maximum atomic E-state index is 13.4. The van der Waals surface area contributed by atoms with Gasteiger partial charge in [-0.05, 0) is 35.9 Å². The SMILES string of the molecule is CC1(C)CN(C(=O)c2ccc(-n3cc(C(F)(F)F)cn3)cc2)C=C(C(=O)[O-])c2[nH]c3ccccc3c21. The van der Waals surface area contributed by atoms with E-state index in [0.717, 1.165) is 33.5 Å². The Labute approximate surface area is 203 Å². The topological polar surface area (TPSA) is 94.1 Å². The molecule has 36 heavy (non-hydrogen) atoms. The molecule has 3 heterocycles. The second-order valence-electron chi connectivity index (χ2n) is 9.29. The van der Waals surface area contributed by atoms with Gasteiger partial charge in [0.15, 0.2) is 0 Å². The van der Waals surface area contributed by atoms with Gasteiger partial charge in [-0.15, -0.1) is 0 Å². The standard InChI is InChI=1S/C26H21F3N4O3/c1-25(2)14-32(13-19(24(35)36)22-21(25)18-5-3-4-6-20(18)31-22)23(34)15-7-9-17(10-8-15)33-12-16(11-30-33)26(27,28)29/h3-13,31H,14H2,1-2H3,(H,35,36)/p-1. The summed E-state index contributed by atoms with van der Waals surface area (Å²) in [7, 11) is 0. The molecule has 1 aliphatic heterocycles. The van der Waals surface area contributed by atoms with Crippen LogP contribution in [0.4, 0.5) is 13.2 Å². The van der Waals surface area contributed by atoms with Crippen LogP contribution in [0.3, 0.4) is 0 Å². The maximum absolute atomic E-state index is 13.4. The average molecular weight is 493 g/mol. The van der Waals surface area contributed by atoms with E-state index in [1.807, 2.05) is 38.1 Å². The third kappa shape index (κ3) is 3.94. The number of aliphatic carboxylic acids is 1. The summed E-state index contributed by atoms with van der Waals surface area (Å²) in [6, 6.07) is 13.3. The van der Waals surface area contributed by atoms with Crippen molar-refractivity contribution in [2.24, 2.45) is 0 Å². The first-order valence-electron chi connectivity index (χ1n) is 11.0. The van der Waals surface area contributed by atoms with Crippen LogP contribution < -0.4 is 5.11 Å². The molecule has 0 bridgehead atoms. The first-order chi connectivity index (χ1) is 17.0. The van der Waals surface area contributed by atoms with Crippen molar-refractivity contribution >= 4 is 28.4 Å². The molecule has 10 heteroatoms. The highest BCUT2D eigenvalue weighted by atomic mass is 19.4. The number of halogens is 3. The molecule has 0 saturated heterocycles. The van der Waals surface area contributed by atoms with Gasteiger partial charge < -0.3 is 19.8 Å². The van der Waals surface area contributed by atoms with E-state index in [-0.39, 0.29) is 17.7 Å². The zero-order valence-electron chi connectivity index (χ0n) is 19.3. The van der Waals surface area contributed by atoms with Gasteiger partial charge >= 0.3 is 6.18 Å². The van der Waals surface area contributed by atoms with Crippen LogP contribution in [0.15, 0.2) is 67.1 Å². The lowest BCUT2D eigenvalue weighted by Crippen LogP contribution is -2.37. The summed E-state index contributed by atoms with van der Waals surface area (Å²) in [5.74, 6) is -1.88. The molecular formula is C26H20F3N4O3-. The van der Waals surface area contributed by atoms with E-state index in [9.17, 15) is 27.9 Å². The summed E-state index contributed by atoms with van der Waals surface area (Å²) >= 11 is 0. The summed E-state index contributed by atoms with van der Waals surface area (Å²) in [5.41, 5.74) is 0.877. The fourth-order valence-electron chi connectivity index (χ4n) is 4.64. The molecule has 0 spiro atoms. The minimum absolute atomic E-state index is 0.145. The molecule has 0 atom stereocenters. The van der Waals surface area contributed by atoms with Crippen LogP contribution in [0.5, 0.6) is 0 Å². The predicted molar refractivity (Wildman–Crippen MR) is 124 cm³/mol. The average Bonchev–Trinajstić information content (AvgIpc) is 3.44. The molecule has 0 radical (unpaired) electrons. The van der Waals surface area contributed by atoms with Crippen LogP contribution in [0.1, 0.15) is 41.0 Å². The number of rotatable bonds is 3. The zero-order chi connectivity index (χ0) is 25.8. The van der Waals surface area contributed by atoms with Crippen molar-refractivity contribution in [1.29, 1.82) is 0 Å². The van der Waals surface area contributed by atoms with Crippen LogP contribution in [0, 0.1) is 0 Å². The highest BCUT2D eigenvalue weighted by Gasteiger charge is 2.36. The van der Waals surface area contributed by atoms with Crippen molar-refractivity contribution in [3.05, 3.63) is 89.5 Å². The number of alkyl halides is 3. The molecule has 4 aromatic rings. The van der Waals surface area contributed by atoms with Crippen molar-refractivity contribution < 1.29 is 27.9 Å². The Morgan fingerprint density at radius 1 is 1.08 bits per heavy atom. The summed E-state index contributed by atoms with van der Waals surface area (Å²) in [6.45, 7) is 4.04. The van der Waals surface area contributed by atoms with Crippen LogP contribution in [-0.4, -0.2) is 38.1 Å². The van der Waals surface area contributed by atoms with E-state index < -0.39 is 29.0 Å². The molecule has 5 rings (SSSR count). The molecule has 2 aromatic carbocycles. The van der Waals surface area contributed by atoms with Crippen molar-refractivity contribution in [3.8, 4) is 5.69 Å². The number of amides is 1. The number of carboxylic acids is 1. The summed E-state index contributed by atoms with van der Waals surface area (Å²) < 4.78 is 39.7. The van der Waals surface area contributed by atoms with Crippen LogP contribution in [0.25, 0.3) is 22.2 Å². The summed E-state index contributed by atoms with van der Waals surface area (Å²) in [6.07, 6.45) is -1.65.